The van der Waals surface area contributed by atoms with Crippen molar-refractivity contribution in [2.24, 2.45) is 5.73 Å². The molecule has 29 heavy (non-hydrogen) atoms. The first-order valence-corrected chi connectivity index (χ1v) is 9.11. The first kappa shape index (κ1) is 20.1. The number of halogens is 1. The average molecular weight is 408 g/mol. The Hall–Kier alpha value is -3.60. The molecule has 7 nitrogen and oxygen atoms in total. The van der Waals surface area contributed by atoms with E-state index in [4.69, 9.17) is 23.1 Å². The van der Waals surface area contributed by atoms with Crippen LogP contribution >= 0.6 is 11.6 Å². The Morgan fingerprint density at radius 1 is 1.21 bits per heavy atom. The third-order valence-electron chi connectivity index (χ3n) is 4.26. The molecular weight excluding hydrogens is 390 g/mol. The Kier molecular flexibility index (Phi) is 5.98. The van der Waals surface area contributed by atoms with Gasteiger partial charge in [0, 0.05) is 24.1 Å². The summed E-state index contributed by atoms with van der Waals surface area (Å²) in [6.07, 6.45) is 0.156. The number of benzene rings is 2. The Morgan fingerprint density at radius 3 is 2.66 bits per heavy atom. The van der Waals surface area contributed by atoms with Crippen LogP contribution in [0.3, 0.4) is 0 Å². The van der Waals surface area contributed by atoms with Gasteiger partial charge in [0.2, 0.25) is 5.91 Å². The lowest BCUT2D eigenvalue weighted by Gasteiger charge is -2.13. The smallest absolute Gasteiger partial charge is 0.225 e. The highest BCUT2D eigenvalue weighted by molar-refractivity contribution is 6.33. The highest BCUT2D eigenvalue weighted by Crippen LogP contribution is 2.36. The Morgan fingerprint density at radius 2 is 1.97 bits per heavy atom. The van der Waals surface area contributed by atoms with E-state index in [1.807, 2.05) is 0 Å². The number of phenols is 1. The van der Waals surface area contributed by atoms with Gasteiger partial charge in [0.1, 0.15) is 23.2 Å². The molecule has 0 spiro atoms. The van der Waals surface area contributed by atoms with Gasteiger partial charge in [0.15, 0.2) is 0 Å². The van der Waals surface area contributed by atoms with E-state index >= 15 is 0 Å². The van der Waals surface area contributed by atoms with Crippen molar-refractivity contribution in [3.05, 3.63) is 59.1 Å². The van der Waals surface area contributed by atoms with E-state index < -0.39 is 0 Å². The van der Waals surface area contributed by atoms with Gasteiger partial charge in [0.25, 0.3) is 0 Å². The standard InChI is InChI=1S/C21H18ClN5O2/c22-16-6-5-12(9-18(16)26-20(29)7-8-23)14-10-17(27-21(25)15(14)11-24)13-3-1-2-4-19(13)28/h1-6,9-10,28H,7-8,23H2,(H2,25,27)(H,26,29). The number of carbonyl (C=O) groups is 1. The van der Waals surface area contributed by atoms with Gasteiger partial charge in [0.05, 0.1) is 16.4 Å². The predicted molar refractivity (Wildman–Crippen MR) is 113 cm³/mol. The van der Waals surface area contributed by atoms with Crippen LogP contribution in [0.15, 0.2) is 48.5 Å². The van der Waals surface area contributed by atoms with Crippen molar-refractivity contribution in [1.29, 1.82) is 5.26 Å². The highest BCUT2D eigenvalue weighted by Gasteiger charge is 2.16. The molecule has 1 heterocycles. The molecule has 0 radical (unpaired) electrons. The maximum absolute atomic E-state index is 11.9. The maximum atomic E-state index is 11.9. The second-order valence-corrected chi connectivity index (χ2v) is 6.63. The molecule has 8 heteroatoms. The van der Waals surface area contributed by atoms with Crippen LogP contribution in [0.2, 0.25) is 5.02 Å². The number of nitrogens with zero attached hydrogens (tertiary/aromatic N) is 2. The number of nitrogen functional groups attached to an aromatic ring is 1. The summed E-state index contributed by atoms with van der Waals surface area (Å²) in [4.78, 5) is 16.2. The molecule has 0 bridgehead atoms. The number of phenolic OH excluding ortho intramolecular Hbond substituents is 1. The first-order chi connectivity index (χ1) is 13.9. The molecule has 0 atom stereocenters. The number of nitrogens with two attached hydrogens (primary N) is 2. The third kappa shape index (κ3) is 4.29. The number of aromatic nitrogens is 1. The molecule has 6 N–H and O–H groups in total. The van der Waals surface area contributed by atoms with Crippen LogP contribution in [0, 0.1) is 11.3 Å². The number of hydrogen-bond acceptors (Lipinski definition) is 6. The first-order valence-electron chi connectivity index (χ1n) is 8.73. The van der Waals surface area contributed by atoms with E-state index in [-0.39, 0.29) is 36.0 Å². The summed E-state index contributed by atoms with van der Waals surface area (Å²) in [5.74, 6) is -0.191. The van der Waals surface area contributed by atoms with Crippen molar-refractivity contribution in [3.63, 3.8) is 0 Å². The van der Waals surface area contributed by atoms with Crippen LogP contribution in [0.5, 0.6) is 5.75 Å². The number of carbonyl (C=O) groups excluding carboxylic acids is 1. The highest BCUT2D eigenvalue weighted by atomic mass is 35.5. The van der Waals surface area contributed by atoms with Crippen molar-refractivity contribution < 1.29 is 9.90 Å². The van der Waals surface area contributed by atoms with Gasteiger partial charge < -0.3 is 21.9 Å². The topological polar surface area (TPSA) is 138 Å². The predicted octanol–water partition coefficient (Wildman–Crippen LogP) is 3.52. The maximum Gasteiger partial charge on any atom is 0.225 e. The second kappa shape index (κ2) is 8.61. The largest absolute Gasteiger partial charge is 0.507 e. The fourth-order valence-corrected chi connectivity index (χ4v) is 3.04. The molecule has 3 aromatic rings. The summed E-state index contributed by atoms with van der Waals surface area (Å²) in [5.41, 5.74) is 14.0. The summed E-state index contributed by atoms with van der Waals surface area (Å²) >= 11 is 6.20. The Bertz CT molecular complexity index is 1120. The van der Waals surface area contributed by atoms with E-state index in [1.165, 1.54) is 0 Å². The van der Waals surface area contributed by atoms with Crippen LogP contribution < -0.4 is 16.8 Å². The fourth-order valence-electron chi connectivity index (χ4n) is 2.87. The van der Waals surface area contributed by atoms with Crippen molar-refractivity contribution in [3.8, 4) is 34.2 Å². The lowest BCUT2D eigenvalue weighted by molar-refractivity contribution is -0.116. The van der Waals surface area contributed by atoms with Gasteiger partial charge in [-0.15, -0.1) is 0 Å². The minimum atomic E-state index is -0.267. The molecule has 0 unspecified atom stereocenters. The lowest BCUT2D eigenvalue weighted by atomic mass is 9.97. The molecule has 3 rings (SSSR count). The second-order valence-electron chi connectivity index (χ2n) is 6.23. The SMILES string of the molecule is N#Cc1c(-c2ccc(Cl)c(NC(=O)CCN)c2)cc(-c2ccccc2O)nc1N. The lowest BCUT2D eigenvalue weighted by Crippen LogP contribution is -2.16. The fraction of sp³-hybridized carbons (Fsp3) is 0.0952. The summed E-state index contributed by atoms with van der Waals surface area (Å²) in [5, 5.41) is 22.8. The molecule has 0 fully saturated rings. The molecule has 0 saturated heterocycles. The molecule has 0 aliphatic rings. The summed E-state index contributed by atoms with van der Waals surface area (Å²) < 4.78 is 0. The molecule has 146 valence electrons. The molecule has 0 saturated carbocycles. The van der Waals surface area contributed by atoms with Gasteiger partial charge >= 0.3 is 0 Å². The third-order valence-corrected chi connectivity index (χ3v) is 4.59. The van der Waals surface area contributed by atoms with Gasteiger partial charge in [-0.05, 0) is 35.9 Å². The van der Waals surface area contributed by atoms with Gasteiger partial charge in [-0.1, -0.05) is 29.8 Å². The van der Waals surface area contributed by atoms with E-state index in [1.54, 1.807) is 48.5 Å². The van der Waals surface area contributed by atoms with E-state index in [9.17, 15) is 15.2 Å². The minimum absolute atomic E-state index is 0.0342. The number of rotatable bonds is 5. The van der Waals surface area contributed by atoms with Gasteiger partial charge in [-0.2, -0.15) is 5.26 Å². The Balaban J connectivity index is 2.14. The van der Waals surface area contributed by atoms with Crippen molar-refractivity contribution >= 4 is 29.0 Å². The Labute approximate surface area is 172 Å². The summed E-state index contributed by atoms with van der Waals surface area (Å²) in [7, 11) is 0. The number of anilines is 2. The number of hydrogen-bond donors (Lipinski definition) is 4. The average Bonchev–Trinajstić information content (AvgIpc) is 2.69. The number of para-hydroxylation sites is 1. The van der Waals surface area contributed by atoms with Crippen molar-refractivity contribution in [2.75, 3.05) is 17.6 Å². The molecular formula is C21H18ClN5O2. The molecule has 2 aromatic carbocycles. The number of aromatic hydroxyl groups is 1. The number of nitriles is 1. The quantitative estimate of drug-likeness (QED) is 0.510. The zero-order chi connectivity index (χ0) is 21.0. The summed E-state index contributed by atoms with van der Waals surface area (Å²) in [6, 6.07) is 15.4. The molecule has 1 aromatic heterocycles. The van der Waals surface area contributed by atoms with E-state index in [0.29, 0.717) is 33.1 Å². The minimum Gasteiger partial charge on any atom is -0.507 e. The number of nitrogens with one attached hydrogen (secondary N) is 1. The van der Waals surface area contributed by atoms with E-state index in [0.717, 1.165) is 0 Å². The zero-order valence-corrected chi connectivity index (χ0v) is 16.1. The van der Waals surface area contributed by atoms with E-state index in [2.05, 4.69) is 16.4 Å². The van der Waals surface area contributed by atoms with Crippen molar-refractivity contribution in [2.45, 2.75) is 6.42 Å². The number of amides is 1. The van der Waals surface area contributed by atoms with Gasteiger partial charge in [-0.25, -0.2) is 4.98 Å². The van der Waals surface area contributed by atoms with Crippen LogP contribution in [-0.4, -0.2) is 22.5 Å². The molecule has 0 aliphatic heterocycles. The summed E-state index contributed by atoms with van der Waals surface area (Å²) in [6.45, 7) is 0.215. The van der Waals surface area contributed by atoms with Crippen LogP contribution in [-0.2, 0) is 4.79 Å². The van der Waals surface area contributed by atoms with Crippen LogP contribution in [0.4, 0.5) is 11.5 Å². The zero-order valence-electron chi connectivity index (χ0n) is 15.3. The molecule has 0 aliphatic carbocycles. The van der Waals surface area contributed by atoms with Crippen LogP contribution in [0.1, 0.15) is 12.0 Å². The van der Waals surface area contributed by atoms with Gasteiger partial charge in [-0.3, -0.25) is 4.79 Å². The normalized spacial score (nSPS) is 10.4. The van der Waals surface area contributed by atoms with Crippen LogP contribution in [0.25, 0.3) is 22.4 Å². The van der Waals surface area contributed by atoms with Crippen molar-refractivity contribution in [1.82, 2.24) is 4.98 Å². The molecule has 1 amide bonds. The number of pyridine rings is 1. The monoisotopic (exact) mass is 407 g/mol.